The highest BCUT2D eigenvalue weighted by molar-refractivity contribution is 9.10. The van der Waals surface area contributed by atoms with Crippen molar-refractivity contribution in [3.8, 4) is 5.69 Å². The number of hydrogen-bond donors (Lipinski definition) is 2. The molecule has 190 valence electrons. The van der Waals surface area contributed by atoms with Gasteiger partial charge >= 0.3 is 0 Å². The molecule has 4 rings (SSSR count). The Morgan fingerprint density at radius 3 is 2.54 bits per heavy atom. The molecule has 1 aromatic heterocycles. The van der Waals surface area contributed by atoms with Crippen LogP contribution < -0.4 is 10.7 Å². The average molecular weight is 598 g/mol. The van der Waals surface area contributed by atoms with Gasteiger partial charge in [-0.05, 0) is 74.4 Å². The van der Waals surface area contributed by atoms with Gasteiger partial charge in [-0.15, -0.1) is 10.2 Å². The van der Waals surface area contributed by atoms with Crippen LogP contribution in [0.1, 0.15) is 30.8 Å². The zero-order valence-corrected chi connectivity index (χ0v) is 23.7. The Labute approximate surface area is 233 Å². The SMILES string of the molecule is CC(=NNC(=O)[C@@H](C)Sc1nnc(CNc2ccc(Cl)cc2C)n1-c1ccccc1)c1ccc(Br)cc1. The van der Waals surface area contributed by atoms with E-state index in [1.54, 1.807) is 0 Å². The van der Waals surface area contributed by atoms with Crippen LogP contribution in [0.4, 0.5) is 5.69 Å². The maximum Gasteiger partial charge on any atom is 0.253 e. The van der Waals surface area contributed by atoms with Gasteiger partial charge in [0.2, 0.25) is 0 Å². The third kappa shape index (κ3) is 7.00. The van der Waals surface area contributed by atoms with Crippen LogP contribution in [-0.2, 0) is 11.3 Å². The van der Waals surface area contributed by atoms with Gasteiger partial charge in [0.25, 0.3) is 5.91 Å². The van der Waals surface area contributed by atoms with Crippen molar-refractivity contribution < 1.29 is 4.79 Å². The number of carbonyl (C=O) groups excluding carboxylic acids is 1. The molecule has 0 aliphatic carbocycles. The number of rotatable bonds is 9. The Morgan fingerprint density at radius 2 is 1.84 bits per heavy atom. The summed E-state index contributed by atoms with van der Waals surface area (Å²) in [5, 5.41) is 17.4. The molecule has 10 heteroatoms. The summed E-state index contributed by atoms with van der Waals surface area (Å²) in [5.74, 6) is 0.500. The number of nitrogens with one attached hydrogen (secondary N) is 2. The Balaban J connectivity index is 1.50. The molecule has 3 aromatic carbocycles. The zero-order valence-electron chi connectivity index (χ0n) is 20.6. The standard InChI is InChI=1S/C27H26BrClN6OS/c1-17-15-22(29)13-14-24(17)30-16-25-32-34-27(35(25)23-7-5-4-6-8-23)37-19(3)26(36)33-31-18(2)20-9-11-21(28)12-10-20/h4-15,19,30H,16H2,1-3H3,(H,33,36)/t19-/m1/s1. The third-order valence-electron chi connectivity index (χ3n) is 5.59. The molecule has 1 amide bonds. The lowest BCUT2D eigenvalue weighted by Gasteiger charge is -2.14. The van der Waals surface area contributed by atoms with Gasteiger partial charge in [-0.25, -0.2) is 5.43 Å². The van der Waals surface area contributed by atoms with Crippen molar-refractivity contribution >= 4 is 56.6 Å². The predicted molar refractivity (Wildman–Crippen MR) is 155 cm³/mol. The van der Waals surface area contributed by atoms with E-state index in [2.05, 4.69) is 42.0 Å². The third-order valence-corrected chi connectivity index (χ3v) is 7.39. The number of benzene rings is 3. The van der Waals surface area contributed by atoms with Crippen molar-refractivity contribution in [2.24, 2.45) is 5.10 Å². The van der Waals surface area contributed by atoms with Gasteiger partial charge in [-0.1, -0.05) is 69.6 Å². The molecular weight excluding hydrogens is 572 g/mol. The van der Waals surface area contributed by atoms with E-state index in [4.69, 9.17) is 11.6 Å². The molecule has 1 heterocycles. The van der Waals surface area contributed by atoms with Crippen LogP contribution in [0.3, 0.4) is 0 Å². The number of carbonyl (C=O) groups is 1. The van der Waals surface area contributed by atoms with Crippen molar-refractivity contribution in [1.82, 2.24) is 20.2 Å². The van der Waals surface area contributed by atoms with Gasteiger partial charge in [0, 0.05) is 20.9 Å². The lowest BCUT2D eigenvalue weighted by atomic mass is 10.1. The Kier molecular flexibility index (Phi) is 9.02. The number of hydrogen-bond acceptors (Lipinski definition) is 6. The number of thioether (sulfide) groups is 1. The largest absolute Gasteiger partial charge is 0.378 e. The highest BCUT2D eigenvalue weighted by atomic mass is 79.9. The first-order chi connectivity index (χ1) is 17.8. The number of halogens is 2. The summed E-state index contributed by atoms with van der Waals surface area (Å²) in [6.45, 7) is 6.12. The van der Waals surface area contributed by atoms with Crippen LogP contribution in [0.25, 0.3) is 5.69 Å². The molecular formula is C27H26BrClN6OS. The van der Waals surface area contributed by atoms with E-state index in [0.717, 1.165) is 38.5 Å². The zero-order chi connectivity index (χ0) is 26.4. The smallest absolute Gasteiger partial charge is 0.253 e. The van der Waals surface area contributed by atoms with Crippen LogP contribution in [0.15, 0.2) is 87.5 Å². The van der Waals surface area contributed by atoms with Crippen LogP contribution in [0.5, 0.6) is 0 Å². The molecule has 2 N–H and O–H groups in total. The summed E-state index contributed by atoms with van der Waals surface area (Å²) in [6.07, 6.45) is 0. The molecule has 4 aromatic rings. The summed E-state index contributed by atoms with van der Waals surface area (Å²) >= 11 is 10.8. The summed E-state index contributed by atoms with van der Waals surface area (Å²) in [5.41, 5.74) is 7.24. The highest BCUT2D eigenvalue weighted by Crippen LogP contribution is 2.27. The number of para-hydroxylation sites is 1. The second kappa shape index (κ2) is 12.4. The lowest BCUT2D eigenvalue weighted by molar-refractivity contribution is -0.120. The molecule has 0 bridgehead atoms. The lowest BCUT2D eigenvalue weighted by Crippen LogP contribution is -2.28. The fourth-order valence-corrected chi connectivity index (χ4v) is 4.90. The van der Waals surface area contributed by atoms with Gasteiger partial charge in [0.05, 0.1) is 17.5 Å². The van der Waals surface area contributed by atoms with E-state index in [-0.39, 0.29) is 5.91 Å². The van der Waals surface area contributed by atoms with Gasteiger partial charge in [0.1, 0.15) is 0 Å². The van der Waals surface area contributed by atoms with Gasteiger partial charge in [-0.2, -0.15) is 5.10 Å². The fourth-order valence-electron chi connectivity index (χ4n) is 3.52. The van der Waals surface area contributed by atoms with E-state index in [1.807, 2.05) is 98.1 Å². The molecule has 1 atom stereocenters. The number of nitrogens with zero attached hydrogens (tertiary/aromatic N) is 4. The number of amides is 1. The van der Waals surface area contributed by atoms with Crippen LogP contribution in [-0.4, -0.2) is 31.6 Å². The molecule has 0 spiro atoms. The minimum absolute atomic E-state index is 0.222. The van der Waals surface area contributed by atoms with Crippen LogP contribution in [0.2, 0.25) is 5.02 Å². The topological polar surface area (TPSA) is 84.2 Å². The maximum atomic E-state index is 12.8. The quantitative estimate of drug-likeness (QED) is 0.129. The fraction of sp³-hybridized carbons (Fsp3) is 0.185. The maximum absolute atomic E-state index is 12.8. The van der Waals surface area contributed by atoms with Crippen molar-refractivity contribution in [3.63, 3.8) is 0 Å². The summed E-state index contributed by atoms with van der Waals surface area (Å²) in [7, 11) is 0. The number of anilines is 1. The predicted octanol–water partition coefficient (Wildman–Crippen LogP) is 6.62. The van der Waals surface area contributed by atoms with E-state index in [1.165, 1.54) is 11.8 Å². The van der Waals surface area contributed by atoms with Crippen LogP contribution in [0, 0.1) is 6.92 Å². The molecule has 0 saturated heterocycles. The molecule has 37 heavy (non-hydrogen) atoms. The molecule has 0 radical (unpaired) electrons. The number of hydrazone groups is 1. The second-order valence-corrected chi connectivity index (χ2v) is 11.0. The second-order valence-electron chi connectivity index (χ2n) is 8.32. The minimum Gasteiger partial charge on any atom is -0.378 e. The molecule has 0 fully saturated rings. The van der Waals surface area contributed by atoms with Crippen molar-refractivity contribution in [2.45, 2.75) is 37.7 Å². The Bertz CT molecular complexity index is 1410. The number of aryl methyl sites for hydroxylation is 1. The van der Waals surface area contributed by atoms with Crippen LogP contribution >= 0.6 is 39.3 Å². The number of aromatic nitrogens is 3. The minimum atomic E-state index is -0.451. The first-order valence-electron chi connectivity index (χ1n) is 11.6. The van der Waals surface area contributed by atoms with Crippen molar-refractivity contribution in [1.29, 1.82) is 0 Å². The van der Waals surface area contributed by atoms with Gasteiger partial charge in [-0.3, -0.25) is 9.36 Å². The summed E-state index contributed by atoms with van der Waals surface area (Å²) < 4.78 is 2.95. The molecule has 0 unspecified atom stereocenters. The molecule has 0 aliphatic rings. The van der Waals surface area contributed by atoms with E-state index >= 15 is 0 Å². The van der Waals surface area contributed by atoms with Crippen molar-refractivity contribution in [3.05, 3.63) is 99.2 Å². The average Bonchev–Trinajstić information content (AvgIpc) is 3.29. The Hall–Kier alpha value is -3.14. The normalized spacial score (nSPS) is 12.3. The Morgan fingerprint density at radius 1 is 1.11 bits per heavy atom. The first kappa shape index (κ1) is 26.9. The molecule has 0 aliphatic heterocycles. The molecule has 0 saturated carbocycles. The van der Waals surface area contributed by atoms with Gasteiger partial charge in [0.15, 0.2) is 11.0 Å². The van der Waals surface area contributed by atoms with E-state index in [0.29, 0.717) is 16.7 Å². The van der Waals surface area contributed by atoms with Crippen molar-refractivity contribution in [2.75, 3.05) is 5.32 Å². The van der Waals surface area contributed by atoms with E-state index < -0.39 is 5.25 Å². The summed E-state index contributed by atoms with van der Waals surface area (Å²) in [4.78, 5) is 12.8. The first-order valence-corrected chi connectivity index (χ1v) is 13.6. The molecule has 7 nitrogen and oxygen atoms in total. The monoisotopic (exact) mass is 596 g/mol. The highest BCUT2D eigenvalue weighted by Gasteiger charge is 2.21. The van der Waals surface area contributed by atoms with Gasteiger partial charge < -0.3 is 5.32 Å². The van der Waals surface area contributed by atoms with E-state index in [9.17, 15) is 4.79 Å². The summed E-state index contributed by atoms with van der Waals surface area (Å²) in [6, 6.07) is 23.3.